The van der Waals surface area contributed by atoms with Crippen molar-refractivity contribution < 1.29 is 14.2 Å². The Morgan fingerprint density at radius 1 is 1.23 bits per heavy atom. The van der Waals surface area contributed by atoms with Crippen LogP contribution in [-0.4, -0.2) is 32.2 Å². The van der Waals surface area contributed by atoms with Crippen molar-refractivity contribution in [1.82, 2.24) is 0 Å². The Labute approximate surface area is 134 Å². The molecule has 1 heterocycles. The smallest absolute Gasteiger partial charge is 0.180 e. The van der Waals surface area contributed by atoms with Crippen molar-refractivity contribution >= 4 is 6.08 Å². The third-order valence-electron chi connectivity index (χ3n) is 3.78. The minimum absolute atomic E-state index is 0.0512. The number of benzene rings is 1. The second-order valence-corrected chi connectivity index (χ2v) is 5.67. The number of rotatable bonds is 9. The van der Waals surface area contributed by atoms with Gasteiger partial charge in [0.15, 0.2) is 6.29 Å². The molecule has 0 radical (unpaired) electrons. The second-order valence-electron chi connectivity index (χ2n) is 5.67. The van der Waals surface area contributed by atoms with Gasteiger partial charge in [-0.15, -0.1) is 0 Å². The van der Waals surface area contributed by atoms with Crippen LogP contribution < -0.4 is 0 Å². The van der Waals surface area contributed by atoms with Crippen molar-refractivity contribution in [2.75, 3.05) is 19.8 Å². The van der Waals surface area contributed by atoms with E-state index >= 15 is 0 Å². The fourth-order valence-electron chi connectivity index (χ4n) is 2.58. The van der Waals surface area contributed by atoms with E-state index in [1.165, 1.54) is 30.4 Å². The fourth-order valence-corrected chi connectivity index (χ4v) is 2.58. The predicted molar refractivity (Wildman–Crippen MR) is 89.7 cm³/mol. The molecule has 1 fully saturated rings. The number of unbranched alkanes of at least 4 members (excludes halogenated alkanes) is 2. The van der Waals surface area contributed by atoms with E-state index in [2.05, 4.69) is 37.3 Å². The second kappa shape index (κ2) is 9.78. The monoisotopic (exact) mass is 304 g/mol. The fraction of sp³-hybridized carbons (Fsp3) is 0.579. The first kappa shape index (κ1) is 17.2. The zero-order chi connectivity index (χ0) is 15.6. The van der Waals surface area contributed by atoms with E-state index in [0.717, 1.165) is 6.42 Å². The Balaban J connectivity index is 2.00. The molecular formula is C19H28O3. The molecule has 3 nitrogen and oxygen atoms in total. The topological polar surface area (TPSA) is 27.7 Å². The van der Waals surface area contributed by atoms with Crippen molar-refractivity contribution in [3.05, 3.63) is 41.5 Å². The number of ether oxygens (including phenoxy) is 3. The van der Waals surface area contributed by atoms with Crippen LogP contribution in [0, 0.1) is 0 Å². The van der Waals surface area contributed by atoms with Crippen LogP contribution in [0.25, 0.3) is 6.08 Å². The summed E-state index contributed by atoms with van der Waals surface area (Å²) in [6.07, 6.45) is 6.70. The maximum Gasteiger partial charge on any atom is 0.180 e. The summed E-state index contributed by atoms with van der Waals surface area (Å²) in [5, 5.41) is 0. The van der Waals surface area contributed by atoms with Crippen molar-refractivity contribution in [1.29, 1.82) is 0 Å². The van der Waals surface area contributed by atoms with Gasteiger partial charge in [0.05, 0.1) is 13.2 Å². The lowest BCUT2D eigenvalue weighted by atomic mass is 10.0. The third-order valence-corrected chi connectivity index (χ3v) is 3.78. The Bertz CT molecular complexity index is 441. The average Bonchev–Trinajstić information content (AvgIpc) is 3.02. The molecule has 1 aromatic rings. The largest absolute Gasteiger partial charge is 0.379 e. The van der Waals surface area contributed by atoms with Crippen molar-refractivity contribution in [2.24, 2.45) is 0 Å². The molecule has 1 saturated heterocycles. The van der Waals surface area contributed by atoms with E-state index in [1.54, 1.807) is 0 Å². The first-order chi connectivity index (χ1) is 10.8. The molecule has 0 aliphatic carbocycles. The Morgan fingerprint density at radius 3 is 2.77 bits per heavy atom. The molecule has 0 amide bonds. The van der Waals surface area contributed by atoms with Crippen LogP contribution >= 0.6 is 0 Å². The first-order valence-corrected chi connectivity index (χ1v) is 8.43. The molecule has 0 spiro atoms. The van der Waals surface area contributed by atoms with E-state index in [-0.39, 0.29) is 12.4 Å². The minimum atomic E-state index is -0.220. The van der Waals surface area contributed by atoms with E-state index in [1.807, 2.05) is 13.0 Å². The standard InChI is InChI=1S/C19H28O3/c1-3-5-7-12-17(13-16-10-8-6-9-11-16)19-21-15-18(22-19)14-20-4-2/h6,8-11,13,18-19H,3-5,7,12,14-15H2,1-2H3/b17-13-/t18-,19-/m0/s1. The molecule has 122 valence electrons. The normalized spacial score (nSPS) is 22.2. The highest BCUT2D eigenvalue weighted by molar-refractivity contribution is 5.53. The van der Waals surface area contributed by atoms with Crippen LogP contribution in [-0.2, 0) is 14.2 Å². The quantitative estimate of drug-likeness (QED) is 0.632. The van der Waals surface area contributed by atoms with E-state index in [0.29, 0.717) is 19.8 Å². The molecule has 0 N–H and O–H groups in total. The lowest BCUT2D eigenvalue weighted by Gasteiger charge is -2.16. The molecule has 0 bridgehead atoms. The highest BCUT2D eigenvalue weighted by Crippen LogP contribution is 2.25. The minimum Gasteiger partial charge on any atom is -0.379 e. The maximum absolute atomic E-state index is 6.01. The zero-order valence-electron chi connectivity index (χ0n) is 13.8. The summed E-state index contributed by atoms with van der Waals surface area (Å²) in [6, 6.07) is 10.4. The van der Waals surface area contributed by atoms with Gasteiger partial charge in [0.1, 0.15) is 6.10 Å². The number of hydrogen-bond donors (Lipinski definition) is 0. The summed E-state index contributed by atoms with van der Waals surface area (Å²) in [5.41, 5.74) is 2.44. The SMILES string of the molecule is CCCCC/C(=C/c1ccccc1)[C@H]1OC[C@H](COCC)O1. The van der Waals surface area contributed by atoms with Crippen LogP contribution in [0.5, 0.6) is 0 Å². The molecule has 1 aromatic carbocycles. The van der Waals surface area contributed by atoms with Crippen molar-refractivity contribution in [3.63, 3.8) is 0 Å². The molecule has 2 rings (SSSR count). The highest BCUT2D eigenvalue weighted by atomic mass is 16.7. The van der Waals surface area contributed by atoms with E-state index < -0.39 is 0 Å². The summed E-state index contributed by atoms with van der Waals surface area (Å²) >= 11 is 0. The van der Waals surface area contributed by atoms with Gasteiger partial charge in [0.25, 0.3) is 0 Å². The molecule has 0 saturated carbocycles. The van der Waals surface area contributed by atoms with Crippen molar-refractivity contribution in [2.45, 2.75) is 51.9 Å². The van der Waals surface area contributed by atoms with Crippen LogP contribution in [0.15, 0.2) is 35.9 Å². The van der Waals surface area contributed by atoms with E-state index in [4.69, 9.17) is 14.2 Å². The summed E-state index contributed by atoms with van der Waals surface area (Å²) in [7, 11) is 0. The molecule has 2 atom stereocenters. The van der Waals surface area contributed by atoms with Gasteiger partial charge in [-0.1, -0.05) is 56.2 Å². The Morgan fingerprint density at radius 2 is 2.05 bits per heavy atom. The summed E-state index contributed by atoms with van der Waals surface area (Å²) < 4.78 is 17.3. The highest BCUT2D eigenvalue weighted by Gasteiger charge is 2.28. The van der Waals surface area contributed by atoms with Gasteiger partial charge >= 0.3 is 0 Å². The van der Waals surface area contributed by atoms with Gasteiger partial charge in [-0.2, -0.15) is 0 Å². The molecule has 1 aliphatic rings. The Kier molecular flexibility index (Phi) is 7.64. The van der Waals surface area contributed by atoms with Gasteiger partial charge in [0.2, 0.25) is 0 Å². The Hall–Kier alpha value is -1.16. The molecule has 1 aliphatic heterocycles. The van der Waals surface area contributed by atoms with Crippen molar-refractivity contribution in [3.8, 4) is 0 Å². The van der Waals surface area contributed by atoms with Gasteiger partial charge in [0, 0.05) is 6.61 Å². The lowest BCUT2D eigenvalue weighted by Crippen LogP contribution is -2.19. The molecule has 22 heavy (non-hydrogen) atoms. The maximum atomic E-state index is 6.01. The third kappa shape index (κ3) is 5.56. The lowest BCUT2D eigenvalue weighted by molar-refractivity contribution is -0.0470. The van der Waals surface area contributed by atoms with Gasteiger partial charge in [-0.05, 0) is 30.9 Å². The summed E-state index contributed by atoms with van der Waals surface area (Å²) in [5.74, 6) is 0. The van der Waals surface area contributed by atoms with Crippen LogP contribution in [0.4, 0.5) is 0 Å². The molecular weight excluding hydrogens is 276 g/mol. The van der Waals surface area contributed by atoms with Crippen LogP contribution in [0.2, 0.25) is 0 Å². The van der Waals surface area contributed by atoms with Crippen LogP contribution in [0.1, 0.15) is 45.1 Å². The average molecular weight is 304 g/mol. The number of hydrogen-bond acceptors (Lipinski definition) is 3. The summed E-state index contributed by atoms with van der Waals surface area (Å²) in [4.78, 5) is 0. The van der Waals surface area contributed by atoms with Gasteiger partial charge < -0.3 is 14.2 Å². The van der Waals surface area contributed by atoms with Gasteiger partial charge in [-0.3, -0.25) is 0 Å². The molecule has 3 heteroatoms. The van der Waals surface area contributed by atoms with Gasteiger partial charge in [-0.25, -0.2) is 0 Å². The van der Waals surface area contributed by atoms with E-state index in [9.17, 15) is 0 Å². The molecule has 0 unspecified atom stereocenters. The zero-order valence-corrected chi connectivity index (χ0v) is 13.8. The summed E-state index contributed by atoms with van der Waals surface area (Å²) in [6.45, 7) is 6.17. The first-order valence-electron chi connectivity index (χ1n) is 8.43. The molecule has 0 aromatic heterocycles. The predicted octanol–water partition coefficient (Wildman–Crippen LogP) is 4.43. The van der Waals surface area contributed by atoms with Crippen LogP contribution in [0.3, 0.4) is 0 Å².